The van der Waals surface area contributed by atoms with Crippen molar-refractivity contribution in [3.05, 3.63) is 66.2 Å². The Hall–Kier alpha value is -3.21. The Bertz CT molecular complexity index is 984. The summed E-state index contributed by atoms with van der Waals surface area (Å²) < 4.78 is 16.9. The van der Waals surface area contributed by atoms with Gasteiger partial charge in [-0.25, -0.2) is 0 Å². The lowest BCUT2D eigenvalue weighted by Gasteiger charge is -2.13. The summed E-state index contributed by atoms with van der Waals surface area (Å²) in [5.74, 6) is 2.46. The Labute approximate surface area is 178 Å². The molecule has 0 unspecified atom stereocenters. The molecule has 0 saturated heterocycles. The van der Waals surface area contributed by atoms with Crippen LogP contribution in [0.25, 0.3) is 10.8 Å². The van der Waals surface area contributed by atoms with Crippen molar-refractivity contribution in [1.82, 2.24) is 5.32 Å². The van der Waals surface area contributed by atoms with Crippen LogP contribution in [-0.2, 0) is 11.3 Å². The topological polar surface area (TPSA) is 56.8 Å². The normalized spacial score (nSPS) is 10.8. The van der Waals surface area contributed by atoms with E-state index in [9.17, 15) is 4.79 Å². The zero-order valence-electron chi connectivity index (χ0n) is 17.8. The van der Waals surface area contributed by atoms with Gasteiger partial charge in [0.2, 0.25) is 0 Å². The molecule has 3 aromatic rings. The molecule has 0 spiro atoms. The summed E-state index contributed by atoms with van der Waals surface area (Å²) in [6.45, 7) is 5.33. The van der Waals surface area contributed by atoms with Crippen molar-refractivity contribution in [1.29, 1.82) is 0 Å². The van der Waals surface area contributed by atoms with Crippen LogP contribution in [0.15, 0.2) is 60.7 Å². The van der Waals surface area contributed by atoms with Crippen LogP contribution in [0.4, 0.5) is 0 Å². The highest BCUT2D eigenvalue weighted by Gasteiger charge is 2.08. The van der Waals surface area contributed by atoms with Crippen molar-refractivity contribution >= 4 is 16.7 Å². The minimum atomic E-state index is -0.181. The summed E-state index contributed by atoms with van der Waals surface area (Å²) in [7, 11) is 1.62. The second-order valence-corrected chi connectivity index (χ2v) is 7.59. The first-order chi connectivity index (χ1) is 14.5. The van der Waals surface area contributed by atoms with E-state index in [2.05, 4.69) is 19.2 Å². The van der Waals surface area contributed by atoms with Gasteiger partial charge in [0.25, 0.3) is 5.91 Å². The van der Waals surface area contributed by atoms with Crippen molar-refractivity contribution in [2.45, 2.75) is 26.8 Å². The average Bonchev–Trinajstić information content (AvgIpc) is 2.76. The molecule has 0 aromatic heterocycles. The van der Waals surface area contributed by atoms with Crippen molar-refractivity contribution in [2.75, 3.05) is 20.3 Å². The Morgan fingerprint density at radius 2 is 1.73 bits per heavy atom. The van der Waals surface area contributed by atoms with Gasteiger partial charge in [0.15, 0.2) is 18.1 Å². The van der Waals surface area contributed by atoms with E-state index in [1.165, 1.54) is 0 Å². The van der Waals surface area contributed by atoms with Gasteiger partial charge >= 0.3 is 0 Å². The third kappa shape index (κ3) is 6.14. The van der Waals surface area contributed by atoms with Crippen LogP contribution in [0.5, 0.6) is 17.2 Å². The van der Waals surface area contributed by atoms with Crippen molar-refractivity contribution < 1.29 is 19.0 Å². The van der Waals surface area contributed by atoms with E-state index in [4.69, 9.17) is 14.2 Å². The highest BCUT2D eigenvalue weighted by atomic mass is 16.5. The van der Waals surface area contributed by atoms with Gasteiger partial charge in [0.05, 0.1) is 13.7 Å². The molecule has 0 aliphatic rings. The largest absolute Gasteiger partial charge is 0.493 e. The van der Waals surface area contributed by atoms with E-state index in [0.717, 1.165) is 22.8 Å². The highest BCUT2D eigenvalue weighted by Crippen LogP contribution is 2.28. The molecule has 0 aliphatic carbocycles. The lowest BCUT2D eigenvalue weighted by atomic mass is 10.1. The fourth-order valence-electron chi connectivity index (χ4n) is 3.00. The van der Waals surface area contributed by atoms with Gasteiger partial charge in [-0.1, -0.05) is 50.2 Å². The number of carbonyl (C=O) groups is 1. The van der Waals surface area contributed by atoms with Crippen LogP contribution < -0.4 is 19.5 Å². The molecular formula is C25H29NO4. The fraction of sp³-hybridized carbons (Fsp3) is 0.320. The summed E-state index contributed by atoms with van der Waals surface area (Å²) >= 11 is 0. The molecule has 3 rings (SSSR count). The molecule has 1 N–H and O–H groups in total. The molecular weight excluding hydrogens is 378 g/mol. The number of hydrogen-bond acceptors (Lipinski definition) is 4. The van der Waals surface area contributed by atoms with E-state index >= 15 is 0 Å². The summed E-state index contributed by atoms with van der Waals surface area (Å²) in [5.41, 5.74) is 0.933. The lowest BCUT2D eigenvalue weighted by molar-refractivity contribution is -0.123. The molecule has 5 nitrogen and oxygen atoms in total. The molecule has 0 bridgehead atoms. The number of fused-ring (bicyclic) bond motifs is 1. The third-order valence-corrected chi connectivity index (χ3v) is 4.76. The number of methoxy groups -OCH3 is 1. The Balaban J connectivity index is 1.49. The smallest absolute Gasteiger partial charge is 0.258 e. The van der Waals surface area contributed by atoms with Crippen molar-refractivity contribution in [3.63, 3.8) is 0 Å². The van der Waals surface area contributed by atoms with E-state index in [-0.39, 0.29) is 12.5 Å². The van der Waals surface area contributed by atoms with Gasteiger partial charge in [-0.05, 0) is 52.9 Å². The number of rotatable bonds is 10. The molecule has 0 atom stereocenters. The summed E-state index contributed by atoms with van der Waals surface area (Å²) in [6.07, 6.45) is 0.984. The quantitative estimate of drug-likeness (QED) is 0.516. The monoisotopic (exact) mass is 407 g/mol. The van der Waals surface area contributed by atoms with Crippen LogP contribution in [0.1, 0.15) is 25.8 Å². The SMILES string of the molecule is COc1cc(CNC(=O)COc2ccc3ccccc3c2)ccc1OCCC(C)C. The minimum Gasteiger partial charge on any atom is -0.493 e. The molecule has 0 aliphatic heterocycles. The molecule has 0 saturated carbocycles. The first kappa shape index (κ1) is 21.5. The van der Waals surface area contributed by atoms with Gasteiger partial charge in [0.1, 0.15) is 5.75 Å². The summed E-state index contributed by atoms with van der Waals surface area (Å²) in [6, 6.07) is 19.5. The van der Waals surface area contributed by atoms with Crippen LogP contribution >= 0.6 is 0 Å². The summed E-state index contributed by atoms with van der Waals surface area (Å²) in [5, 5.41) is 5.10. The van der Waals surface area contributed by atoms with Crippen LogP contribution in [-0.4, -0.2) is 26.2 Å². The van der Waals surface area contributed by atoms with Gasteiger partial charge in [-0.2, -0.15) is 0 Å². The fourth-order valence-corrected chi connectivity index (χ4v) is 3.00. The maximum absolute atomic E-state index is 12.2. The Kier molecular flexibility index (Phi) is 7.55. The predicted molar refractivity (Wildman–Crippen MR) is 119 cm³/mol. The maximum Gasteiger partial charge on any atom is 0.258 e. The third-order valence-electron chi connectivity index (χ3n) is 4.76. The predicted octanol–water partition coefficient (Wildman–Crippen LogP) is 4.97. The number of carbonyl (C=O) groups excluding carboxylic acids is 1. The lowest BCUT2D eigenvalue weighted by Crippen LogP contribution is -2.28. The van der Waals surface area contributed by atoms with Crippen molar-refractivity contribution in [2.24, 2.45) is 5.92 Å². The van der Waals surface area contributed by atoms with E-state index in [1.807, 2.05) is 60.7 Å². The molecule has 5 heteroatoms. The number of hydrogen-bond donors (Lipinski definition) is 1. The molecule has 1 amide bonds. The van der Waals surface area contributed by atoms with E-state index in [0.29, 0.717) is 36.3 Å². The highest BCUT2D eigenvalue weighted by molar-refractivity contribution is 5.84. The maximum atomic E-state index is 12.2. The van der Waals surface area contributed by atoms with Gasteiger partial charge in [-0.3, -0.25) is 4.79 Å². The number of amides is 1. The second kappa shape index (κ2) is 10.5. The zero-order valence-corrected chi connectivity index (χ0v) is 17.8. The standard InChI is InChI=1S/C25H29NO4/c1-18(2)12-13-29-23-11-8-19(14-24(23)28-3)16-26-25(27)17-30-22-10-9-20-6-4-5-7-21(20)15-22/h4-11,14-15,18H,12-13,16-17H2,1-3H3,(H,26,27). The Morgan fingerprint density at radius 3 is 2.50 bits per heavy atom. The van der Waals surface area contributed by atoms with Gasteiger partial charge < -0.3 is 19.5 Å². The molecule has 0 heterocycles. The van der Waals surface area contributed by atoms with Gasteiger partial charge in [0, 0.05) is 6.54 Å². The summed E-state index contributed by atoms with van der Waals surface area (Å²) in [4.78, 5) is 12.2. The average molecular weight is 408 g/mol. The van der Waals surface area contributed by atoms with E-state index in [1.54, 1.807) is 7.11 Å². The molecule has 0 fully saturated rings. The van der Waals surface area contributed by atoms with Crippen LogP contribution in [0.2, 0.25) is 0 Å². The number of ether oxygens (including phenoxy) is 3. The zero-order chi connectivity index (χ0) is 21.3. The molecule has 158 valence electrons. The first-order valence-electron chi connectivity index (χ1n) is 10.2. The van der Waals surface area contributed by atoms with Crippen LogP contribution in [0, 0.1) is 5.92 Å². The van der Waals surface area contributed by atoms with Crippen molar-refractivity contribution in [3.8, 4) is 17.2 Å². The van der Waals surface area contributed by atoms with Crippen LogP contribution in [0.3, 0.4) is 0 Å². The Morgan fingerprint density at radius 1 is 0.933 bits per heavy atom. The molecule has 0 radical (unpaired) electrons. The second-order valence-electron chi connectivity index (χ2n) is 7.59. The van der Waals surface area contributed by atoms with Gasteiger partial charge in [-0.15, -0.1) is 0 Å². The van der Waals surface area contributed by atoms with E-state index < -0.39 is 0 Å². The molecule has 30 heavy (non-hydrogen) atoms. The number of nitrogens with one attached hydrogen (secondary N) is 1. The number of benzene rings is 3. The first-order valence-corrected chi connectivity index (χ1v) is 10.2. The molecule has 3 aromatic carbocycles. The minimum absolute atomic E-state index is 0.0358.